The minimum Gasteiger partial charge on any atom is -0.497 e. The van der Waals surface area contributed by atoms with Crippen LogP contribution in [0, 0.1) is 5.92 Å². The molecule has 0 aromatic heterocycles. The minimum atomic E-state index is 0.592. The Bertz CT molecular complexity index is 468. The molecule has 0 spiro atoms. The highest BCUT2D eigenvalue weighted by Crippen LogP contribution is 2.36. The first-order chi connectivity index (χ1) is 10.3. The van der Waals surface area contributed by atoms with Crippen LogP contribution >= 0.6 is 0 Å². The van der Waals surface area contributed by atoms with Gasteiger partial charge in [0.1, 0.15) is 5.75 Å². The van der Waals surface area contributed by atoms with E-state index in [0.717, 1.165) is 11.7 Å². The van der Waals surface area contributed by atoms with Gasteiger partial charge in [0, 0.05) is 12.6 Å². The standard InChI is InChI=1S/C18H28N2O/c1-20(13-14-8-10-19-11-9-14)18-5-3-4-15-12-16(21-2)6-7-17(15)18/h6-7,12,14,18-19H,3-5,8-11,13H2,1-2H3. The zero-order chi connectivity index (χ0) is 14.7. The summed E-state index contributed by atoms with van der Waals surface area (Å²) in [4.78, 5) is 2.60. The Hall–Kier alpha value is -1.06. The molecule has 1 N–H and O–H groups in total. The number of nitrogens with zero attached hydrogens (tertiary/aromatic N) is 1. The lowest BCUT2D eigenvalue weighted by atomic mass is 9.86. The van der Waals surface area contributed by atoms with Crippen LogP contribution in [-0.4, -0.2) is 38.7 Å². The van der Waals surface area contributed by atoms with E-state index in [1.54, 1.807) is 7.11 Å². The maximum absolute atomic E-state index is 5.38. The molecule has 116 valence electrons. The number of rotatable bonds is 4. The molecular weight excluding hydrogens is 260 g/mol. The van der Waals surface area contributed by atoms with Gasteiger partial charge in [-0.2, -0.15) is 0 Å². The van der Waals surface area contributed by atoms with Gasteiger partial charge in [-0.15, -0.1) is 0 Å². The number of nitrogens with one attached hydrogen (secondary N) is 1. The molecule has 0 radical (unpaired) electrons. The third kappa shape index (κ3) is 3.41. The predicted octanol–water partition coefficient (Wildman–Crippen LogP) is 3.00. The summed E-state index contributed by atoms with van der Waals surface area (Å²) >= 11 is 0. The molecule has 0 bridgehead atoms. The van der Waals surface area contributed by atoms with Crippen molar-refractivity contribution in [2.75, 3.05) is 33.8 Å². The zero-order valence-corrected chi connectivity index (χ0v) is 13.4. The van der Waals surface area contributed by atoms with Gasteiger partial charge < -0.3 is 10.1 Å². The van der Waals surface area contributed by atoms with Crippen molar-refractivity contribution >= 4 is 0 Å². The second-order valence-corrected chi connectivity index (χ2v) is 6.61. The molecule has 2 aliphatic rings. The van der Waals surface area contributed by atoms with Crippen molar-refractivity contribution in [2.45, 2.75) is 38.1 Å². The second-order valence-electron chi connectivity index (χ2n) is 6.61. The third-order valence-corrected chi connectivity index (χ3v) is 5.17. The van der Waals surface area contributed by atoms with Gasteiger partial charge in [0.15, 0.2) is 0 Å². The number of fused-ring (bicyclic) bond motifs is 1. The molecule has 3 nitrogen and oxygen atoms in total. The fraction of sp³-hybridized carbons (Fsp3) is 0.667. The van der Waals surface area contributed by atoms with Crippen LogP contribution in [0.3, 0.4) is 0 Å². The van der Waals surface area contributed by atoms with Crippen LogP contribution in [0.1, 0.15) is 42.9 Å². The lowest BCUT2D eigenvalue weighted by Crippen LogP contribution is -2.37. The Balaban J connectivity index is 1.71. The third-order valence-electron chi connectivity index (χ3n) is 5.17. The van der Waals surface area contributed by atoms with E-state index in [4.69, 9.17) is 4.74 Å². The lowest BCUT2D eigenvalue weighted by Gasteiger charge is -2.36. The van der Waals surface area contributed by atoms with Gasteiger partial charge in [0.25, 0.3) is 0 Å². The van der Waals surface area contributed by atoms with Crippen LogP contribution < -0.4 is 10.1 Å². The van der Waals surface area contributed by atoms with E-state index in [9.17, 15) is 0 Å². The summed E-state index contributed by atoms with van der Waals surface area (Å²) in [6, 6.07) is 7.24. The van der Waals surface area contributed by atoms with Crippen LogP contribution in [0.25, 0.3) is 0 Å². The van der Waals surface area contributed by atoms with Crippen LogP contribution in [0.4, 0.5) is 0 Å². The SMILES string of the molecule is COc1ccc2c(c1)CCCC2N(C)CC1CCNCC1. The summed E-state index contributed by atoms with van der Waals surface area (Å²) in [5.41, 5.74) is 3.02. The van der Waals surface area contributed by atoms with Crippen molar-refractivity contribution in [2.24, 2.45) is 5.92 Å². The molecule has 21 heavy (non-hydrogen) atoms. The van der Waals surface area contributed by atoms with E-state index < -0.39 is 0 Å². The molecule has 1 aromatic rings. The molecule has 1 aliphatic carbocycles. The first kappa shape index (κ1) is 14.9. The minimum absolute atomic E-state index is 0.592. The Labute approximate surface area is 128 Å². The predicted molar refractivity (Wildman–Crippen MR) is 86.9 cm³/mol. The number of ether oxygens (including phenoxy) is 1. The van der Waals surface area contributed by atoms with Crippen molar-refractivity contribution in [3.63, 3.8) is 0 Å². The van der Waals surface area contributed by atoms with E-state index in [0.29, 0.717) is 6.04 Å². The molecule has 1 aromatic carbocycles. The highest BCUT2D eigenvalue weighted by Gasteiger charge is 2.26. The van der Waals surface area contributed by atoms with Crippen LogP contribution in [0.2, 0.25) is 0 Å². The number of piperidine rings is 1. The van der Waals surface area contributed by atoms with Crippen molar-refractivity contribution in [1.82, 2.24) is 10.2 Å². The van der Waals surface area contributed by atoms with Gasteiger partial charge in [0.05, 0.1) is 7.11 Å². The normalized spacial score (nSPS) is 23.1. The van der Waals surface area contributed by atoms with Crippen molar-refractivity contribution < 1.29 is 4.74 Å². The van der Waals surface area contributed by atoms with E-state index in [-0.39, 0.29) is 0 Å². The Morgan fingerprint density at radius 2 is 2.05 bits per heavy atom. The van der Waals surface area contributed by atoms with Crippen molar-refractivity contribution in [3.05, 3.63) is 29.3 Å². The molecular formula is C18H28N2O. The summed E-state index contributed by atoms with van der Waals surface area (Å²) in [5, 5.41) is 3.46. The molecule has 1 heterocycles. The van der Waals surface area contributed by atoms with Gasteiger partial charge in [0.2, 0.25) is 0 Å². The summed E-state index contributed by atoms with van der Waals surface area (Å²) in [7, 11) is 4.07. The lowest BCUT2D eigenvalue weighted by molar-refractivity contribution is 0.172. The maximum atomic E-state index is 5.38. The molecule has 1 atom stereocenters. The monoisotopic (exact) mass is 288 g/mol. The zero-order valence-electron chi connectivity index (χ0n) is 13.4. The van der Waals surface area contributed by atoms with E-state index in [2.05, 4.69) is 35.5 Å². The summed E-state index contributed by atoms with van der Waals surface area (Å²) in [5.74, 6) is 1.86. The molecule has 1 saturated heterocycles. The number of benzene rings is 1. The first-order valence-electron chi connectivity index (χ1n) is 8.35. The number of hydrogen-bond acceptors (Lipinski definition) is 3. The van der Waals surface area contributed by atoms with Crippen LogP contribution in [0.15, 0.2) is 18.2 Å². The van der Waals surface area contributed by atoms with Crippen LogP contribution in [-0.2, 0) is 6.42 Å². The van der Waals surface area contributed by atoms with Gasteiger partial charge in [-0.3, -0.25) is 4.90 Å². The van der Waals surface area contributed by atoms with Gasteiger partial charge in [-0.1, -0.05) is 6.07 Å². The molecule has 0 amide bonds. The molecule has 3 rings (SSSR count). The Morgan fingerprint density at radius 3 is 2.81 bits per heavy atom. The molecule has 1 aliphatic heterocycles. The molecule has 1 unspecified atom stereocenters. The fourth-order valence-corrected chi connectivity index (χ4v) is 3.95. The highest BCUT2D eigenvalue weighted by molar-refractivity contribution is 5.39. The molecule has 3 heteroatoms. The van der Waals surface area contributed by atoms with Gasteiger partial charge in [-0.05, 0) is 81.4 Å². The Kier molecular flexibility index (Phi) is 4.81. The molecule has 1 fully saturated rings. The quantitative estimate of drug-likeness (QED) is 0.922. The Morgan fingerprint density at radius 1 is 1.24 bits per heavy atom. The largest absolute Gasteiger partial charge is 0.497 e. The molecule has 0 saturated carbocycles. The number of hydrogen-bond donors (Lipinski definition) is 1. The average molecular weight is 288 g/mol. The highest BCUT2D eigenvalue weighted by atomic mass is 16.5. The summed E-state index contributed by atoms with van der Waals surface area (Å²) in [6.07, 6.45) is 6.44. The fourth-order valence-electron chi connectivity index (χ4n) is 3.95. The van der Waals surface area contributed by atoms with E-state index >= 15 is 0 Å². The van der Waals surface area contributed by atoms with Crippen molar-refractivity contribution in [1.29, 1.82) is 0 Å². The van der Waals surface area contributed by atoms with Gasteiger partial charge >= 0.3 is 0 Å². The topological polar surface area (TPSA) is 24.5 Å². The summed E-state index contributed by atoms with van der Waals surface area (Å²) in [6.45, 7) is 3.62. The maximum Gasteiger partial charge on any atom is 0.119 e. The first-order valence-corrected chi connectivity index (χ1v) is 8.35. The van der Waals surface area contributed by atoms with E-state index in [1.807, 2.05) is 0 Å². The van der Waals surface area contributed by atoms with Crippen molar-refractivity contribution in [3.8, 4) is 5.75 Å². The van der Waals surface area contributed by atoms with Crippen LogP contribution in [0.5, 0.6) is 5.75 Å². The van der Waals surface area contributed by atoms with Gasteiger partial charge in [-0.25, -0.2) is 0 Å². The summed E-state index contributed by atoms with van der Waals surface area (Å²) < 4.78 is 5.38. The number of methoxy groups -OCH3 is 1. The average Bonchev–Trinajstić information content (AvgIpc) is 2.54. The van der Waals surface area contributed by atoms with E-state index in [1.165, 1.54) is 62.9 Å². The number of aryl methyl sites for hydroxylation is 1. The second kappa shape index (κ2) is 6.80. The smallest absolute Gasteiger partial charge is 0.119 e.